The smallest absolute Gasteiger partial charge is 0.303 e. The van der Waals surface area contributed by atoms with Crippen molar-refractivity contribution in [3.8, 4) is 11.5 Å². The number of hydrogen-bond acceptors (Lipinski definition) is 5. The van der Waals surface area contributed by atoms with Crippen molar-refractivity contribution in [3.05, 3.63) is 95.6 Å². The molecule has 2 N–H and O–H groups in total. The van der Waals surface area contributed by atoms with E-state index in [0.717, 1.165) is 28.2 Å². The van der Waals surface area contributed by atoms with E-state index in [9.17, 15) is 4.79 Å². The van der Waals surface area contributed by atoms with E-state index >= 15 is 0 Å². The first-order valence-electron chi connectivity index (χ1n) is 10.1. The van der Waals surface area contributed by atoms with E-state index in [1.807, 2.05) is 78.9 Å². The van der Waals surface area contributed by atoms with E-state index in [4.69, 9.17) is 19.4 Å². The number of hydrogen-bond donors (Lipinski definition) is 2. The average molecular weight is 421 g/mol. The Kier molecular flexibility index (Phi) is 8.46. The quantitative estimate of drug-likeness (QED) is 0.418. The van der Waals surface area contributed by atoms with Crippen molar-refractivity contribution in [1.82, 2.24) is 5.48 Å². The van der Waals surface area contributed by atoms with Crippen molar-refractivity contribution in [1.29, 1.82) is 0 Å². The Morgan fingerprint density at radius 3 is 2.10 bits per heavy atom. The molecule has 3 aromatic rings. The summed E-state index contributed by atoms with van der Waals surface area (Å²) >= 11 is 0. The highest BCUT2D eigenvalue weighted by atomic mass is 16.6. The van der Waals surface area contributed by atoms with Gasteiger partial charge in [-0.05, 0) is 47.4 Å². The van der Waals surface area contributed by atoms with E-state index in [0.29, 0.717) is 19.6 Å². The fourth-order valence-electron chi connectivity index (χ4n) is 3.06. The molecule has 31 heavy (non-hydrogen) atoms. The minimum atomic E-state index is -0.793. The summed E-state index contributed by atoms with van der Waals surface area (Å²) in [4.78, 5) is 15.7. The zero-order chi connectivity index (χ0) is 21.9. The van der Waals surface area contributed by atoms with Crippen LogP contribution in [0, 0.1) is 0 Å². The number of rotatable bonds is 12. The molecule has 3 rings (SSSR count). The lowest BCUT2D eigenvalue weighted by molar-refractivity contribution is -0.136. The Morgan fingerprint density at radius 2 is 1.48 bits per heavy atom. The van der Waals surface area contributed by atoms with E-state index < -0.39 is 5.97 Å². The van der Waals surface area contributed by atoms with Crippen molar-refractivity contribution < 1.29 is 24.2 Å². The van der Waals surface area contributed by atoms with Gasteiger partial charge in [0.25, 0.3) is 0 Å². The van der Waals surface area contributed by atoms with Crippen LogP contribution in [0.3, 0.4) is 0 Å². The normalized spacial score (nSPS) is 11.6. The molecule has 3 aromatic carbocycles. The average Bonchev–Trinajstić information content (AvgIpc) is 2.81. The molecule has 6 nitrogen and oxygen atoms in total. The Balaban J connectivity index is 1.48. The van der Waals surface area contributed by atoms with Gasteiger partial charge in [-0.25, -0.2) is 0 Å². The highest BCUT2D eigenvalue weighted by molar-refractivity contribution is 5.67. The third kappa shape index (κ3) is 7.44. The first-order chi connectivity index (χ1) is 15.1. The van der Waals surface area contributed by atoms with Crippen LogP contribution in [-0.2, 0) is 22.7 Å². The monoisotopic (exact) mass is 421 g/mol. The molecule has 0 amide bonds. The minimum absolute atomic E-state index is 0.0762. The maximum atomic E-state index is 10.6. The van der Waals surface area contributed by atoms with Gasteiger partial charge in [0.2, 0.25) is 0 Å². The zero-order valence-corrected chi connectivity index (χ0v) is 17.5. The summed E-state index contributed by atoms with van der Waals surface area (Å²) in [5.74, 6) is 0.722. The van der Waals surface area contributed by atoms with Crippen LogP contribution in [-0.4, -0.2) is 24.8 Å². The lowest BCUT2D eigenvalue weighted by Crippen LogP contribution is -2.25. The largest absolute Gasteiger partial charge is 0.492 e. The van der Waals surface area contributed by atoms with E-state index in [2.05, 4.69) is 5.48 Å². The Hall–Kier alpha value is -3.35. The topological polar surface area (TPSA) is 77.0 Å². The number of nitrogens with one attached hydrogen (secondary N) is 1. The van der Waals surface area contributed by atoms with Gasteiger partial charge in [0.15, 0.2) is 0 Å². The lowest BCUT2D eigenvalue weighted by Gasteiger charge is -2.18. The molecule has 162 valence electrons. The fraction of sp³-hybridized carbons (Fsp3) is 0.240. The summed E-state index contributed by atoms with van der Waals surface area (Å²) in [6, 6.07) is 25.2. The second kappa shape index (κ2) is 11.7. The number of aryl methyl sites for hydroxylation is 1. The summed E-state index contributed by atoms with van der Waals surface area (Å²) in [6.45, 7) is 0.870. The molecule has 0 spiro atoms. The first kappa shape index (κ1) is 22.3. The molecule has 0 saturated heterocycles. The molecule has 0 aliphatic rings. The van der Waals surface area contributed by atoms with Gasteiger partial charge in [-0.2, -0.15) is 5.48 Å². The van der Waals surface area contributed by atoms with Gasteiger partial charge in [-0.1, -0.05) is 54.6 Å². The van der Waals surface area contributed by atoms with Crippen LogP contribution in [0.15, 0.2) is 78.9 Å². The zero-order valence-electron chi connectivity index (χ0n) is 17.5. The molecule has 1 unspecified atom stereocenters. The summed E-state index contributed by atoms with van der Waals surface area (Å²) < 4.78 is 11.7. The number of ether oxygens (including phenoxy) is 2. The van der Waals surface area contributed by atoms with Crippen LogP contribution in [0.4, 0.5) is 0 Å². The third-order valence-electron chi connectivity index (χ3n) is 4.76. The maximum absolute atomic E-state index is 10.6. The molecule has 0 saturated carbocycles. The summed E-state index contributed by atoms with van der Waals surface area (Å²) in [5, 5.41) is 8.75. The van der Waals surface area contributed by atoms with E-state index in [1.54, 1.807) is 7.11 Å². The maximum Gasteiger partial charge on any atom is 0.303 e. The molecule has 0 radical (unpaired) electrons. The fourth-order valence-corrected chi connectivity index (χ4v) is 3.06. The van der Waals surface area contributed by atoms with Crippen LogP contribution < -0.4 is 15.0 Å². The first-order valence-corrected chi connectivity index (χ1v) is 10.1. The van der Waals surface area contributed by atoms with Gasteiger partial charge >= 0.3 is 5.97 Å². The summed E-state index contributed by atoms with van der Waals surface area (Å²) in [5.41, 5.74) is 6.05. The molecule has 0 aromatic heterocycles. The van der Waals surface area contributed by atoms with Gasteiger partial charge in [-0.3, -0.25) is 4.79 Å². The van der Waals surface area contributed by atoms with Gasteiger partial charge in [-0.15, -0.1) is 0 Å². The van der Waals surface area contributed by atoms with Crippen LogP contribution in [0.1, 0.15) is 29.2 Å². The van der Waals surface area contributed by atoms with Crippen molar-refractivity contribution in [2.75, 3.05) is 13.7 Å². The standard InChI is InChI=1S/C25H27NO5/c1-29-26-24(21-5-3-2-4-6-21)18-31-23-14-9-20(10-15-23)17-30-22-12-7-19(8-13-22)11-16-25(27)28/h2-10,12-15,24,26H,11,16-18H2,1H3,(H,27,28). The molecule has 6 heteroatoms. The second-order valence-electron chi connectivity index (χ2n) is 7.07. The predicted octanol–water partition coefficient (Wildman–Crippen LogP) is 4.55. The number of carbonyl (C=O) groups is 1. The second-order valence-corrected chi connectivity index (χ2v) is 7.07. The SMILES string of the molecule is CONC(COc1ccc(COc2ccc(CCC(=O)O)cc2)cc1)c1ccccc1. The Bertz CT molecular complexity index is 926. The van der Waals surface area contributed by atoms with E-state index in [1.165, 1.54) is 0 Å². The predicted molar refractivity (Wildman–Crippen MR) is 118 cm³/mol. The van der Waals surface area contributed by atoms with Gasteiger partial charge in [0, 0.05) is 6.42 Å². The van der Waals surface area contributed by atoms with E-state index in [-0.39, 0.29) is 12.5 Å². The van der Waals surface area contributed by atoms with Gasteiger partial charge < -0.3 is 19.4 Å². The summed E-state index contributed by atoms with van der Waals surface area (Å²) in [7, 11) is 1.59. The van der Waals surface area contributed by atoms with Crippen LogP contribution in [0.5, 0.6) is 11.5 Å². The molecule has 0 bridgehead atoms. The number of aliphatic carboxylic acids is 1. The van der Waals surface area contributed by atoms with Crippen molar-refractivity contribution in [2.24, 2.45) is 0 Å². The highest BCUT2D eigenvalue weighted by Gasteiger charge is 2.11. The summed E-state index contributed by atoms with van der Waals surface area (Å²) in [6.07, 6.45) is 0.643. The highest BCUT2D eigenvalue weighted by Crippen LogP contribution is 2.19. The number of benzene rings is 3. The molecule has 1 atom stereocenters. The molecule has 0 fully saturated rings. The van der Waals surface area contributed by atoms with Gasteiger partial charge in [0.05, 0.1) is 13.2 Å². The number of hydroxylamine groups is 1. The molecule has 0 aliphatic heterocycles. The minimum Gasteiger partial charge on any atom is -0.492 e. The number of carboxylic acids is 1. The number of carboxylic acid groups (broad SMARTS) is 1. The van der Waals surface area contributed by atoms with Gasteiger partial charge in [0.1, 0.15) is 24.7 Å². The van der Waals surface area contributed by atoms with Crippen molar-refractivity contribution >= 4 is 5.97 Å². The van der Waals surface area contributed by atoms with Crippen LogP contribution in [0.25, 0.3) is 0 Å². The van der Waals surface area contributed by atoms with Crippen molar-refractivity contribution in [3.63, 3.8) is 0 Å². The molecule has 0 aliphatic carbocycles. The molecule has 0 heterocycles. The van der Waals surface area contributed by atoms with Crippen molar-refractivity contribution in [2.45, 2.75) is 25.5 Å². The van der Waals surface area contributed by atoms with Crippen LogP contribution in [0.2, 0.25) is 0 Å². The van der Waals surface area contributed by atoms with Crippen LogP contribution >= 0.6 is 0 Å². The Morgan fingerprint density at radius 1 is 0.871 bits per heavy atom. The third-order valence-corrected chi connectivity index (χ3v) is 4.76. The molecular weight excluding hydrogens is 394 g/mol. The Labute approximate surface area is 182 Å². The lowest BCUT2D eigenvalue weighted by atomic mass is 10.1. The molecular formula is C25H27NO5.